The highest BCUT2D eigenvalue weighted by Crippen LogP contribution is 2.10. The Kier molecular flexibility index (Phi) is 4.73. The van der Waals surface area contributed by atoms with Crippen molar-refractivity contribution in [2.24, 2.45) is 0 Å². The van der Waals surface area contributed by atoms with Crippen molar-refractivity contribution in [3.63, 3.8) is 0 Å². The number of aromatic nitrogens is 1. The fraction of sp³-hybridized carbons (Fsp3) is 0.267. The quantitative estimate of drug-likeness (QED) is 0.779. The molecular weight excluding hydrogens is 224 g/mol. The lowest BCUT2D eigenvalue weighted by Gasteiger charge is -2.03. The van der Waals surface area contributed by atoms with Gasteiger partial charge in [0.15, 0.2) is 0 Å². The molecule has 0 atom stereocenters. The van der Waals surface area contributed by atoms with E-state index in [9.17, 15) is 0 Å². The predicted molar refractivity (Wildman–Crippen MR) is 71.4 cm³/mol. The SMILES string of the molecule is COc1ccc(CC[NH2+]Cc2ccccn2)cc1. The highest BCUT2D eigenvalue weighted by atomic mass is 16.5. The number of nitrogens with two attached hydrogens (primary N) is 1. The van der Waals surface area contributed by atoms with Gasteiger partial charge in [-0.05, 0) is 29.8 Å². The van der Waals surface area contributed by atoms with E-state index in [1.807, 2.05) is 30.5 Å². The number of methoxy groups -OCH3 is 1. The zero-order chi connectivity index (χ0) is 12.6. The first kappa shape index (κ1) is 12.6. The van der Waals surface area contributed by atoms with Gasteiger partial charge >= 0.3 is 0 Å². The number of pyridine rings is 1. The zero-order valence-corrected chi connectivity index (χ0v) is 10.7. The Morgan fingerprint density at radius 2 is 1.94 bits per heavy atom. The van der Waals surface area contributed by atoms with Crippen molar-refractivity contribution in [1.29, 1.82) is 0 Å². The highest BCUT2D eigenvalue weighted by Gasteiger charge is 1.98. The summed E-state index contributed by atoms with van der Waals surface area (Å²) in [5.74, 6) is 0.913. The van der Waals surface area contributed by atoms with Crippen molar-refractivity contribution in [2.75, 3.05) is 13.7 Å². The maximum Gasteiger partial charge on any atom is 0.118 e. The number of rotatable bonds is 6. The first-order chi connectivity index (χ1) is 8.88. The van der Waals surface area contributed by atoms with Crippen LogP contribution in [0.2, 0.25) is 0 Å². The summed E-state index contributed by atoms with van der Waals surface area (Å²) in [4.78, 5) is 4.30. The molecular formula is C15H19N2O+. The molecule has 0 aliphatic carbocycles. The van der Waals surface area contributed by atoms with E-state index in [1.165, 1.54) is 5.56 Å². The Bertz CT molecular complexity index is 454. The van der Waals surface area contributed by atoms with Crippen LogP contribution in [-0.2, 0) is 13.0 Å². The molecule has 0 radical (unpaired) electrons. The second-order valence-electron chi connectivity index (χ2n) is 4.20. The first-order valence-electron chi connectivity index (χ1n) is 6.23. The number of nitrogens with zero attached hydrogens (tertiary/aromatic N) is 1. The summed E-state index contributed by atoms with van der Waals surface area (Å²) < 4.78 is 5.14. The summed E-state index contributed by atoms with van der Waals surface area (Å²) in [7, 11) is 1.69. The lowest BCUT2D eigenvalue weighted by Crippen LogP contribution is -2.83. The van der Waals surface area contributed by atoms with Crippen LogP contribution in [0.15, 0.2) is 48.7 Å². The van der Waals surface area contributed by atoms with Crippen molar-refractivity contribution in [3.8, 4) is 5.75 Å². The molecule has 18 heavy (non-hydrogen) atoms. The summed E-state index contributed by atoms with van der Waals surface area (Å²) in [5, 5.41) is 2.28. The predicted octanol–water partition coefficient (Wildman–Crippen LogP) is 1.40. The van der Waals surface area contributed by atoms with Gasteiger partial charge in [-0.1, -0.05) is 18.2 Å². The van der Waals surface area contributed by atoms with Crippen molar-refractivity contribution in [3.05, 3.63) is 59.9 Å². The van der Waals surface area contributed by atoms with Crippen LogP contribution in [0.4, 0.5) is 0 Å². The first-order valence-corrected chi connectivity index (χ1v) is 6.23. The van der Waals surface area contributed by atoms with Gasteiger partial charge < -0.3 is 10.1 Å². The molecule has 3 nitrogen and oxygen atoms in total. The maximum atomic E-state index is 5.14. The Morgan fingerprint density at radius 1 is 1.11 bits per heavy atom. The van der Waals surface area contributed by atoms with Crippen LogP contribution in [0, 0.1) is 0 Å². The Morgan fingerprint density at radius 3 is 2.61 bits per heavy atom. The Balaban J connectivity index is 1.72. The molecule has 2 aromatic rings. The molecule has 1 aromatic carbocycles. The number of ether oxygens (including phenoxy) is 1. The van der Waals surface area contributed by atoms with E-state index in [0.29, 0.717) is 0 Å². The highest BCUT2D eigenvalue weighted by molar-refractivity contribution is 5.27. The minimum atomic E-state index is 0.913. The average Bonchev–Trinajstić information content (AvgIpc) is 2.45. The monoisotopic (exact) mass is 243 g/mol. The van der Waals surface area contributed by atoms with Gasteiger partial charge in [-0.15, -0.1) is 0 Å². The number of hydrogen-bond acceptors (Lipinski definition) is 2. The van der Waals surface area contributed by atoms with E-state index in [2.05, 4.69) is 28.5 Å². The molecule has 2 N–H and O–H groups in total. The van der Waals surface area contributed by atoms with Gasteiger partial charge in [0.1, 0.15) is 12.3 Å². The second kappa shape index (κ2) is 6.77. The van der Waals surface area contributed by atoms with Crippen molar-refractivity contribution >= 4 is 0 Å². The van der Waals surface area contributed by atoms with Crippen LogP contribution in [-0.4, -0.2) is 18.6 Å². The summed E-state index contributed by atoms with van der Waals surface area (Å²) >= 11 is 0. The fourth-order valence-corrected chi connectivity index (χ4v) is 1.83. The van der Waals surface area contributed by atoms with E-state index < -0.39 is 0 Å². The van der Waals surface area contributed by atoms with Crippen LogP contribution in [0.5, 0.6) is 5.75 Å². The molecule has 1 heterocycles. The van der Waals surface area contributed by atoms with E-state index in [-0.39, 0.29) is 0 Å². The molecule has 0 bridgehead atoms. The molecule has 0 fully saturated rings. The van der Waals surface area contributed by atoms with Gasteiger partial charge in [0.25, 0.3) is 0 Å². The number of hydrogen-bond donors (Lipinski definition) is 1. The lowest BCUT2D eigenvalue weighted by molar-refractivity contribution is -0.670. The van der Waals surface area contributed by atoms with Gasteiger partial charge in [0.2, 0.25) is 0 Å². The fourth-order valence-electron chi connectivity index (χ4n) is 1.83. The van der Waals surface area contributed by atoms with Crippen LogP contribution >= 0.6 is 0 Å². The largest absolute Gasteiger partial charge is 0.497 e. The molecule has 0 aliphatic rings. The van der Waals surface area contributed by atoms with Crippen LogP contribution in [0.1, 0.15) is 11.3 Å². The third-order valence-electron chi connectivity index (χ3n) is 2.88. The van der Waals surface area contributed by atoms with Gasteiger partial charge in [0.05, 0.1) is 19.3 Å². The minimum Gasteiger partial charge on any atom is -0.497 e. The van der Waals surface area contributed by atoms with E-state index in [4.69, 9.17) is 4.74 Å². The molecule has 0 aliphatic heterocycles. The molecule has 0 saturated carbocycles. The number of benzene rings is 1. The Hall–Kier alpha value is -1.87. The summed E-state index contributed by atoms with van der Waals surface area (Å²) in [6, 6.07) is 14.3. The minimum absolute atomic E-state index is 0.913. The van der Waals surface area contributed by atoms with Gasteiger partial charge in [-0.3, -0.25) is 4.98 Å². The molecule has 0 unspecified atom stereocenters. The Labute approximate surface area is 108 Å². The van der Waals surface area contributed by atoms with E-state index >= 15 is 0 Å². The molecule has 0 saturated heterocycles. The molecule has 3 heteroatoms. The maximum absolute atomic E-state index is 5.14. The molecule has 2 rings (SSSR count). The normalized spacial score (nSPS) is 10.3. The second-order valence-corrected chi connectivity index (χ2v) is 4.20. The van der Waals surface area contributed by atoms with Gasteiger partial charge in [-0.25, -0.2) is 0 Å². The summed E-state index contributed by atoms with van der Waals surface area (Å²) in [6.07, 6.45) is 2.91. The molecule has 0 amide bonds. The van der Waals surface area contributed by atoms with Gasteiger partial charge in [-0.2, -0.15) is 0 Å². The van der Waals surface area contributed by atoms with Crippen molar-refractivity contribution in [1.82, 2.24) is 4.98 Å². The average molecular weight is 243 g/mol. The topological polar surface area (TPSA) is 38.7 Å². The number of quaternary nitrogens is 1. The van der Waals surface area contributed by atoms with Crippen LogP contribution in [0.3, 0.4) is 0 Å². The summed E-state index contributed by atoms with van der Waals surface area (Å²) in [5.41, 5.74) is 2.47. The van der Waals surface area contributed by atoms with Gasteiger partial charge in [0, 0.05) is 12.6 Å². The van der Waals surface area contributed by atoms with Crippen LogP contribution < -0.4 is 10.1 Å². The molecule has 94 valence electrons. The molecule has 0 spiro atoms. The zero-order valence-electron chi connectivity index (χ0n) is 10.7. The lowest BCUT2D eigenvalue weighted by atomic mass is 10.1. The van der Waals surface area contributed by atoms with Crippen LogP contribution in [0.25, 0.3) is 0 Å². The van der Waals surface area contributed by atoms with Crippen molar-refractivity contribution in [2.45, 2.75) is 13.0 Å². The third kappa shape index (κ3) is 3.86. The van der Waals surface area contributed by atoms with E-state index in [0.717, 1.165) is 31.0 Å². The third-order valence-corrected chi connectivity index (χ3v) is 2.88. The smallest absolute Gasteiger partial charge is 0.118 e. The standard InChI is InChI=1S/C15H18N2O/c1-18-15-7-5-13(6-8-15)9-11-16-12-14-4-2-3-10-17-14/h2-8,10,16H,9,11-12H2,1H3/p+1. The van der Waals surface area contributed by atoms with Crippen molar-refractivity contribution < 1.29 is 10.1 Å². The summed E-state index contributed by atoms with van der Waals surface area (Å²) in [6.45, 7) is 2.01. The molecule has 1 aromatic heterocycles. The van der Waals surface area contributed by atoms with E-state index in [1.54, 1.807) is 7.11 Å².